The van der Waals surface area contributed by atoms with Gasteiger partial charge in [0.15, 0.2) is 0 Å². The first kappa shape index (κ1) is 23.3. The summed E-state index contributed by atoms with van der Waals surface area (Å²) in [5.41, 5.74) is 1.20. The van der Waals surface area contributed by atoms with Gasteiger partial charge in [0.25, 0.3) is 5.91 Å². The molecular weight excluding hydrogens is 416 g/mol. The highest BCUT2D eigenvalue weighted by molar-refractivity contribution is 6.00. The van der Waals surface area contributed by atoms with Crippen LogP contribution in [-0.2, 0) is 11.3 Å². The van der Waals surface area contributed by atoms with E-state index >= 15 is 0 Å². The van der Waals surface area contributed by atoms with Crippen molar-refractivity contribution in [1.82, 2.24) is 20.0 Å². The number of methoxy groups -OCH3 is 1. The van der Waals surface area contributed by atoms with Crippen molar-refractivity contribution in [3.63, 3.8) is 0 Å². The van der Waals surface area contributed by atoms with Crippen LogP contribution in [0.15, 0.2) is 30.3 Å². The number of fused-ring (bicyclic) bond motifs is 1. The van der Waals surface area contributed by atoms with Gasteiger partial charge in [-0.15, -0.1) is 0 Å². The highest BCUT2D eigenvalue weighted by atomic mass is 16.5. The van der Waals surface area contributed by atoms with Crippen molar-refractivity contribution in [2.75, 3.05) is 13.7 Å². The van der Waals surface area contributed by atoms with E-state index in [0.717, 1.165) is 49.1 Å². The van der Waals surface area contributed by atoms with Crippen molar-refractivity contribution >= 4 is 11.8 Å². The van der Waals surface area contributed by atoms with E-state index in [9.17, 15) is 9.59 Å². The fourth-order valence-electron chi connectivity index (χ4n) is 4.87. The van der Waals surface area contributed by atoms with E-state index in [4.69, 9.17) is 9.84 Å². The lowest BCUT2D eigenvalue weighted by Gasteiger charge is -2.44. The molecule has 2 amide bonds. The predicted octanol–water partition coefficient (Wildman–Crippen LogP) is 4.27. The Bertz CT molecular complexity index is 991. The predicted molar refractivity (Wildman–Crippen MR) is 128 cm³/mol. The third kappa shape index (κ3) is 4.77. The highest BCUT2D eigenvalue weighted by Gasteiger charge is 2.48. The molecule has 1 aromatic heterocycles. The Morgan fingerprint density at radius 3 is 2.55 bits per heavy atom. The maximum Gasteiger partial charge on any atom is 0.273 e. The molecule has 0 bridgehead atoms. The van der Waals surface area contributed by atoms with Gasteiger partial charge in [0, 0.05) is 18.2 Å². The average molecular weight is 453 g/mol. The van der Waals surface area contributed by atoms with Crippen LogP contribution in [0.1, 0.15) is 69.8 Å². The summed E-state index contributed by atoms with van der Waals surface area (Å²) in [4.78, 5) is 29.0. The molecule has 0 radical (unpaired) electrons. The minimum atomic E-state index is -0.973. The molecule has 1 aliphatic heterocycles. The third-order valence-electron chi connectivity index (χ3n) is 7.04. The van der Waals surface area contributed by atoms with E-state index in [-0.39, 0.29) is 17.9 Å². The van der Waals surface area contributed by atoms with Gasteiger partial charge in [-0.3, -0.25) is 14.3 Å². The van der Waals surface area contributed by atoms with Gasteiger partial charge in [-0.2, -0.15) is 5.10 Å². The van der Waals surface area contributed by atoms with Crippen molar-refractivity contribution in [3.05, 3.63) is 36.0 Å². The first-order chi connectivity index (χ1) is 15.8. The first-order valence-electron chi connectivity index (χ1n) is 12.2. The SMILES string of the molecule is COc1ccc(-c2cc3n(n2)CC(C)(C(=O)NC2CCCCC2)N(CCC(C)C)C3=O)cc1. The molecule has 0 saturated heterocycles. The first-order valence-corrected chi connectivity index (χ1v) is 12.2. The van der Waals surface area contributed by atoms with Gasteiger partial charge < -0.3 is 15.0 Å². The molecule has 0 spiro atoms. The van der Waals surface area contributed by atoms with Gasteiger partial charge in [0.05, 0.1) is 19.3 Å². The second kappa shape index (κ2) is 9.57. The van der Waals surface area contributed by atoms with Crippen LogP contribution in [-0.4, -0.2) is 51.7 Å². The summed E-state index contributed by atoms with van der Waals surface area (Å²) >= 11 is 0. The van der Waals surface area contributed by atoms with Crippen molar-refractivity contribution in [2.24, 2.45) is 5.92 Å². The maximum atomic E-state index is 13.7. The van der Waals surface area contributed by atoms with Gasteiger partial charge in [-0.1, -0.05) is 33.1 Å². The topological polar surface area (TPSA) is 76.5 Å². The number of carbonyl (C=O) groups is 2. The lowest BCUT2D eigenvalue weighted by atomic mass is 9.91. The van der Waals surface area contributed by atoms with Crippen LogP contribution in [0.2, 0.25) is 0 Å². The Hall–Kier alpha value is -2.83. The Morgan fingerprint density at radius 2 is 1.91 bits per heavy atom. The van der Waals surface area contributed by atoms with Gasteiger partial charge in [-0.25, -0.2) is 0 Å². The Labute approximate surface area is 196 Å². The molecule has 2 aliphatic rings. The van der Waals surface area contributed by atoms with Crippen LogP contribution in [0, 0.1) is 5.92 Å². The van der Waals surface area contributed by atoms with Crippen LogP contribution in [0.5, 0.6) is 5.75 Å². The zero-order chi connectivity index (χ0) is 23.6. The minimum absolute atomic E-state index is 0.0707. The summed E-state index contributed by atoms with van der Waals surface area (Å²) in [6.45, 7) is 7.07. The summed E-state index contributed by atoms with van der Waals surface area (Å²) in [6, 6.07) is 9.66. The molecule has 7 nitrogen and oxygen atoms in total. The fourth-order valence-corrected chi connectivity index (χ4v) is 4.87. The number of benzene rings is 1. The molecule has 4 rings (SSSR count). The molecule has 178 valence electrons. The number of hydrogen-bond donors (Lipinski definition) is 1. The molecule has 1 atom stereocenters. The van der Waals surface area contributed by atoms with E-state index in [2.05, 4.69) is 19.2 Å². The molecule has 1 unspecified atom stereocenters. The number of carbonyl (C=O) groups excluding carboxylic acids is 2. The molecule has 1 aliphatic carbocycles. The van der Waals surface area contributed by atoms with Gasteiger partial charge >= 0.3 is 0 Å². The third-order valence-corrected chi connectivity index (χ3v) is 7.04. The number of ether oxygens (including phenoxy) is 1. The highest BCUT2D eigenvalue weighted by Crippen LogP contribution is 2.31. The molecule has 2 heterocycles. The molecule has 2 aromatic rings. The number of amides is 2. The lowest BCUT2D eigenvalue weighted by Crippen LogP contribution is -2.65. The molecule has 7 heteroatoms. The molecule has 1 aromatic carbocycles. The van der Waals surface area contributed by atoms with Crippen LogP contribution in [0.3, 0.4) is 0 Å². The van der Waals surface area contributed by atoms with Crippen LogP contribution >= 0.6 is 0 Å². The van der Waals surface area contributed by atoms with E-state index in [1.54, 1.807) is 16.7 Å². The number of nitrogens with one attached hydrogen (secondary N) is 1. The molecule has 1 saturated carbocycles. The summed E-state index contributed by atoms with van der Waals surface area (Å²) in [5, 5.41) is 7.99. The average Bonchev–Trinajstić information content (AvgIpc) is 3.23. The second-order valence-corrected chi connectivity index (χ2v) is 10.0. The largest absolute Gasteiger partial charge is 0.497 e. The number of aromatic nitrogens is 2. The van der Waals surface area contributed by atoms with Crippen molar-refractivity contribution in [2.45, 2.75) is 77.4 Å². The van der Waals surface area contributed by atoms with Crippen LogP contribution < -0.4 is 10.1 Å². The quantitative estimate of drug-likeness (QED) is 0.681. The summed E-state index contributed by atoms with van der Waals surface area (Å²) in [6.07, 6.45) is 6.39. The normalized spacial score (nSPS) is 21.2. The summed E-state index contributed by atoms with van der Waals surface area (Å²) in [7, 11) is 1.63. The zero-order valence-corrected chi connectivity index (χ0v) is 20.3. The monoisotopic (exact) mass is 452 g/mol. The fraction of sp³-hybridized carbons (Fsp3) is 0.577. The number of rotatable bonds is 7. The number of nitrogens with zero attached hydrogens (tertiary/aromatic N) is 3. The van der Waals surface area contributed by atoms with Gasteiger partial charge in [0.2, 0.25) is 5.91 Å². The van der Waals surface area contributed by atoms with E-state index in [1.165, 1.54) is 6.42 Å². The van der Waals surface area contributed by atoms with E-state index in [1.807, 2.05) is 37.3 Å². The molecule has 1 fully saturated rings. The maximum absolute atomic E-state index is 13.7. The summed E-state index contributed by atoms with van der Waals surface area (Å²) in [5.74, 6) is 1.00. The smallest absolute Gasteiger partial charge is 0.273 e. The molecular formula is C26H36N4O3. The minimum Gasteiger partial charge on any atom is -0.497 e. The van der Waals surface area contributed by atoms with Crippen molar-refractivity contribution in [1.29, 1.82) is 0 Å². The van der Waals surface area contributed by atoms with Gasteiger partial charge in [-0.05, 0) is 62.4 Å². The standard InChI is InChI=1S/C26H36N4O3/c1-18(2)14-15-29-24(31)23-16-22(19-10-12-21(33-4)13-11-19)28-30(23)17-26(29,3)25(32)27-20-8-6-5-7-9-20/h10-13,16,18,20H,5-9,14-15,17H2,1-4H3,(H,27,32). The number of hydrogen-bond acceptors (Lipinski definition) is 4. The second-order valence-electron chi connectivity index (χ2n) is 10.0. The lowest BCUT2D eigenvalue weighted by molar-refractivity contribution is -0.134. The Morgan fingerprint density at radius 1 is 1.21 bits per heavy atom. The van der Waals surface area contributed by atoms with Crippen LogP contribution in [0.4, 0.5) is 0 Å². The molecule has 33 heavy (non-hydrogen) atoms. The van der Waals surface area contributed by atoms with Gasteiger partial charge in [0.1, 0.15) is 17.0 Å². The van der Waals surface area contributed by atoms with Crippen molar-refractivity contribution in [3.8, 4) is 17.0 Å². The Kier molecular flexibility index (Phi) is 6.77. The van der Waals surface area contributed by atoms with E-state index < -0.39 is 5.54 Å². The molecule has 1 N–H and O–H groups in total. The summed E-state index contributed by atoms with van der Waals surface area (Å²) < 4.78 is 6.97. The van der Waals surface area contributed by atoms with Crippen LogP contribution in [0.25, 0.3) is 11.3 Å². The zero-order valence-electron chi connectivity index (χ0n) is 20.3. The van der Waals surface area contributed by atoms with Crippen molar-refractivity contribution < 1.29 is 14.3 Å². The van der Waals surface area contributed by atoms with E-state index in [0.29, 0.717) is 24.7 Å². The Balaban J connectivity index is 1.64.